The monoisotopic (exact) mass is 255 g/mol. The number of carbonyl (C=O) groups excluding carboxylic acids is 1. The Morgan fingerprint density at radius 2 is 2.50 bits per heavy atom. The third-order valence-corrected chi connectivity index (χ3v) is 3.55. The lowest BCUT2D eigenvalue weighted by molar-refractivity contribution is -0.113. The molecule has 0 aromatic carbocycles. The second-order valence-electron chi connectivity index (χ2n) is 3.79. The van der Waals surface area contributed by atoms with Crippen LogP contribution in [0.1, 0.15) is 17.7 Å². The Labute approximate surface area is 103 Å². The first-order chi connectivity index (χ1) is 7.65. The fraction of sp³-hybridized carbons (Fsp3) is 0.400. The van der Waals surface area contributed by atoms with Crippen molar-refractivity contribution in [3.63, 3.8) is 0 Å². The lowest BCUT2D eigenvalue weighted by atomic mass is 10.4. The summed E-state index contributed by atoms with van der Waals surface area (Å²) in [5.41, 5.74) is 5.08. The first-order valence-corrected chi connectivity index (χ1v) is 6.31. The van der Waals surface area contributed by atoms with Crippen LogP contribution in [0.2, 0.25) is 0 Å². The molecule has 6 heteroatoms. The maximum absolute atomic E-state index is 10.8. The van der Waals surface area contributed by atoms with E-state index >= 15 is 0 Å². The Morgan fingerprint density at radius 3 is 3.12 bits per heavy atom. The third kappa shape index (κ3) is 3.24. The first kappa shape index (κ1) is 11.5. The maximum Gasteiger partial charge on any atom is 0.254 e. The second kappa shape index (κ2) is 4.88. The van der Waals surface area contributed by atoms with Gasteiger partial charge in [0.2, 0.25) is 0 Å². The Morgan fingerprint density at radius 1 is 1.75 bits per heavy atom. The van der Waals surface area contributed by atoms with Crippen LogP contribution in [0.5, 0.6) is 0 Å². The summed E-state index contributed by atoms with van der Waals surface area (Å²) >= 11 is 5.48. The van der Waals surface area contributed by atoms with Gasteiger partial charge in [-0.2, -0.15) is 0 Å². The number of nitrogens with two attached hydrogens (primary N) is 1. The Bertz CT molecular complexity index is 423. The molecule has 0 saturated heterocycles. The summed E-state index contributed by atoms with van der Waals surface area (Å²) in [7, 11) is 0. The molecule has 2 rings (SSSR count). The van der Waals surface area contributed by atoms with E-state index in [1.165, 1.54) is 24.2 Å². The van der Waals surface area contributed by atoms with Crippen molar-refractivity contribution in [1.29, 1.82) is 0 Å². The van der Waals surface area contributed by atoms with E-state index in [1.54, 1.807) is 12.3 Å². The van der Waals surface area contributed by atoms with Crippen LogP contribution in [0.15, 0.2) is 11.1 Å². The van der Waals surface area contributed by atoms with E-state index in [2.05, 4.69) is 22.9 Å². The van der Waals surface area contributed by atoms with E-state index in [0.29, 0.717) is 0 Å². The number of nitrogens with zero attached hydrogens (tertiary/aromatic N) is 1. The van der Waals surface area contributed by atoms with Crippen LogP contribution >= 0.6 is 24.0 Å². The molecule has 4 nitrogen and oxygen atoms in total. The largest absolute Gasteiger partial charge is 0.365 e. The van der Waals surface area contributed by atoms with Crippen LogP contribution in [-0.4, -0.2) is 17.4 Å². The molecule has 1 aliphatic rings. The summed E-state index contributed by atoms with van der Waals surface area (Å²) in [4.78, 5) is 16.1. The molecule has 1 aliphatic carbocycles. The standard InChI is InChI=1S/C10H13N3OS2/c11-9(14)8(15)3-7-5-13-10(16-7)12-4-6-1-2-6/h3,5-6,15H,1-2,4H2,(H2,11,14)(H,12,13)/b8-3-. The molecule has 1 amide bonds. The number of amides is 1. The molecule has 1 fully saturated rings. The van der Waals surface area contributed by atoms with Gasteiger partial charge in [-0.15, -0.1) is 12.6 Å². The molecular formula is C10H13N3OS2. The molecule has 1 heterocycles. The third-order valence-electron chi connectivity index (χ3n) is 2.29. The highest BCUT2D eigenvalue weighted by molar-refractivity contribution is 7.85. The average Bonchev–Trinajstić information content (AvgIpc) is 2.97. The number of hydrogen-bond donors (Lipinski definition) is 3. The van der Waals surface area contributed by atoms with Crippen molar-refractivity contribution in [2.24, 2.45) is 11.7 Å². The molecule has 0 atom stereocenters. The van der Waals surface area contributed by atoms with E-state index in [9.17, 15) is 4.79 Å². The van der Waals surface area contributed by atoms with Gasteiger partial charge in [0.15, 0.2) is 5.13 Å². The molecule has 0 unspecified atom stereocenters. The zero-order valence-corrected chi connectivity index (χ0v) is 10.4. The lowest BCUT2D eigenvalue weighted by Crippen LogP contribution is -2.09. The van der Waals surface area contributed by atoms with Crippen molar-refractivity contribution < 1.29 is 4.79 Å². The number of aromatic nitrogens is 1. The number of rotatable bonds is 5. The summed E-state index contributed by atoms with van der Waals surface area (Å²) in [5, 5.41) is 4.14. The van der Waals surface area contributed by atoms with Gasteiger partial charge in [0, 0.05) is 12.7 Å². The van der Waals surface area contributed by atoms with E-state index in [-0.39, 0.29) is 4.91 Å². The van der Waals surface area contributed by atoms with Crippen molar-refractivity contribution in [2.75, 3.05) is 11.9 Å². The summed E-state index contributed by atoms with van der Waals surface area (Å²) in [6, 6.07) is 0. The molecule has 0 aliphatic heterocycles. The Hall–Kier alpha value is -1.01. The highest BCUT2D eigenvalue weighted by atomic mass is 32.1. The summed E-state index contributed by atoms with van der Waals surface area (Å²) in [5.74, 6) is 0.290. The fourth-order valence-corrected chi connectivity index (χ4v) is 2.19. The van der Waals surface area contributed by atoms with Crippen LogP contribution in [0.3, 0.4) is 0 Å². The lowest BCUT2D eigenvalue weighted by Gasteiger charge is -1.97. The van der Waals surface area contributed by atoms with Gasteiger partial charge < -0.3 is 11.1 Å². The number of primary amides is 1. The predicted octanol–water partition coefficient (Wildman–Crippen LogP) is 1.72. The van der Waals surface area contributed by atoms with E-state index in [4.69, 9.17) is 5.73 Å². The van der Waals surface area contributed by atoms with Crippen molar-refractivity contribution in [2.45, 2.75) is 12.8 Å². The molecule has 3 N–H and O–H groups in total. The minimum Gasteiger partial charge on any atom is -0.365 e. The van der Waals surface area contributed by atoms with E-state index in [1.807, 2.05) is 0 Å². The van der Waals surface area contributed by atoms with Gasteiger partial charge in [-0.25, -0.2) is 4.98 Å². The number of thiazole rings is 1. The quantitative estimate of drug-likeness (QED) is 0.554. The first-order valence-electron chi connectivity index (χ1n) is 5.05. The van der Waals surface area contributed by atoms with E-state index < -0.39 is 5.91 Å². The number of hydrogen-bond acceptors (Lipinski definition) is 5. The van der Waals surface area contributed by atoms with Gasteiger partial charge in [0.05, 0.1) is 9.78 Å². The van der Waals surface area contributed by atoms with Gasteiger partial charge in [-0.05, 0) is 24.8 Å². The minimum atomic E-state index is -0.524. The minimum absolute atomic E-state index is 0.248. The molecule has 1 aromatic rings. The average molecular weight is 255 g/mol. The SMILES string of the molecule is NC(=O)/C(S)=C/c1cnc(NCC2CC2)s1. The maximum atomic E-state index is 10.8. The van der Waals surface area contributed by atoms with Crippen LogP contribution < -0.4 is 11.1 Å². The van der Waals surface area contributed by atoms with Crippen LogP contribution in [0, 0.1) is 5.92 Å². The normalized spacial score (nSPS) is 16.2. The van der Waals surface area contributed by atoms with Crippen molar-refractivity contribution in [3.05, 3.63) is 16.0 Å². The van der Waals surface area contributed by atoms with Crippen LogP contribution in [0.25, 0.3) is 6.08 Å². The van der Waals surface area contributed by atoms with Crippen LogP contribution in [-0.2, 0) is 4.79 Å². The highest BCUT2D eigenvalue weighted by Gasteiger charge is 2.20. The molecular weight excluding hydrogens is 242 g/mol. The van der Waals surface area contributed by atoms with Gasteiger partial charge >= 0.3 is 0 Å². The molecule has 86 valence electrons. The summed E-state index contributed by atoms with van der Waals surface area (Å²) in [6.07, 6.45) is 5.96. The fourth-order valence-electron chi connectivity index (χ4n) is 1.19. The molecule has 1 aromatic heterocycles. The van der Waals surface area contributed by atoms with Crippen molar-refractivity contribution >= 4 is 41.1 Å². The number of thiol groups is 1. The smallest absolute Gasteiger partial charge is 0.254 e. The summed E-state index contributed by atoms with van der Waals surface area (Å²) < 4.78 is 0. The molecule has 16 heavy (non-hydrogen) atoms. The number of nitrogens with one attached hydrogen (secondary N) is 1. The Balaban J connectivity index is 1.95. The van der Waals surface area contributed by atoms with E-state index in [0.717, 1.165) is 22.5 Å². The van der Waals surface area contributed by atoms with Gasteiger partial charge in [-0.1, -0.05) is 11.3 Å². The summed E-state index contributed by atoms with van der Waals surface area (Å²) in [6.45, 7) is 0.986. The second-order valence-corrected chi connectivity index (χ2v) is 5.33. The van der Waals surface area contributed by atoms with Gasteiger partial charge in [-0.3, -0.25) is 4.79 Å². The van der Waals surface area contributed by atoms with Gasteiger partial charge in [0.1, 0.15) is 0 Å². The molecule has 0 radical (unpaired) electrons. The van der Waals surface area contributed by atoms with Crippen molar-refractivity contribution in [1.82, 2.24) is 4.98 Å². The predicted molar refractivity (Wildman–Crippen MR) is 69.5 cm³/mol. The highest BCUT2D eigenvalue weighted by Crippen LogP contribution is 2.30. The number of carbonyl (C=O) groups is 1. The number of anilines is 1. The topological polar surface area (TPSA) is 68.0 Å². The molecule has 0 spiro atoms. The zero-order chi connectivity index (χ0) is 11.5. The van der Waals surface area contributed by atoms with Gasteiger partial charge in [0.25, 0.3) is 5.91 Å². The van der Waals surface area contributed by atoms with Crippen molar-refractivity contribution in [3.8, 4) is 0 Å². The molecule has 0 bridgehead atoms. The molecule has 1 saturated carbocycles. The zero-order valence-electron chi connectivity index (χ0n) is 8.64. The Kier molecular flexibility index (Phi) is 3.50. The van der Waals surface area contributed by atoms with Crippen LogP contribution in [0.4, 0.5) is 5.13 Å².